The summed E-state index contributed by atoms with van der Waals surface area (Å²) in [6.45, 7) is 1.68. The Kier molecular flexibility index (Phi) is 6.54. The number of halogens is 1. The van der Waals surface area contributed by atoms with Gasteiger partial charge in [-0.15, -0.1) is 0 Å². The molecule has 7 heteroatoms. The summed E-state index contributed by atoms with van der Waals surface area (Å²) < 4.78 is 20.8. The second-order valence-electron chi connectivity index (χ2n) is 7.77. The number of carbonyl (C=O) groups excluding carboxylic acids is 2. The Morgan fingerprint density at radius 2 is 1.56 bits per heavy atom. The van der Waals surface area contributed by atoms with E-state index in [2.05, 4.69) is 5.32 Å². The summed E-state index contributed by atoms with van der Waals surface area (Å²) in [5.41, 5.74) is 0.931. The van der Waals surface area contributed by atoms with Crippen molar-refractivity contribution in [1.82, 2.24) is 4.57 Å². The lowest BCUT2D eigenvalue weighted by molar-refractivity contribution is -0.124. The van der Waals surface area contributed by atoms with Crippen LogP contribution in [0.5, 0.6) is 0 Å². The second-order valence-corrected chi connectivity index (χ2v) is 7.77. The van der Waals surface area contributed by atoms with E-state index in [-0.39, 0.29) is 23.4 Å². The Labute approximate surface area is 195 Å². The number of para-hydroxylation sites is 1. The van der Waals surface area contributed by atoms with Crippen LogP contribution in [-0.2, 0) is 16.6 Å². The van der Waals surface area contributed by atoms with Gasteiger partial charge in [-0.25, -0.2) is 9.18 Å². The zero-order chi connectivity index (χ0) is 24.2. The predicted molar refractivity (Wildman–Crippen MR) is 129 cm³/mol. The average molecular weight is 458 g/mol. The van der Waals surface area contributed by atoms with Gasteiger partial charge in [0.2, 0.25) is 0 Å². The molecule has 4 rings (SSSR count). The van der Waals surface area contributed by atoms with Crippen LogP contribution in [0.15, 0.2) is 83.7 Å². The van der Waals surface area contributed by atoms with Gasteiger partial charge >= 0.3 is 5.97 Å². The van der Waals surface area contributed by atoms with Crippen molar-refractivity contribution >= 4 is 28.3 Å². The summed E-state index contributed by atoms with van der Waals surface area (Å²) in [4.78, 5) is 39.2. The number of benzene rings is 3. The number of rotatable bonds is 6. The van der Waals surface area contributed by atoms with Crippen molar-refractivity contribution in [2.45, 2.75) is 19.4 Å². The van der Waals surface area contributed by atoms with E-state index in [1.807, 2.05) is 30.3 Å². The minimum Gasteiger partial charge on any atom is -0.448 e. The maximum Gasteiger partial charge on any atom is 0.356 e. The number of carbonyl (C=O) groups is 2. The van der Waals surface area contributed by atoms with E-state index in [0.717, 1.165) is 5.56 Å². The SMILES string of the molecule is CCC(OC(=O)c1c(-c2ccccc2)c2ccccc2c(=O)n1C)C(=O)Nc1ccccc1F. The van der Waals surface area contributed by atoms with Gasteiger partial charge in [0.25, 0.3) is 11.5 Å². The molecule has 0 aliphatic rings. The molecule has 0 aliphatic carbocycles. The van der Waals surface area contributed by atoms with E-state index in [0.29, 0.717) is 16.3 Å². The Balaban J connectivity index is 1.76. The summed E-state index contributed by atoms with van der Waals surface area (Å²) in [5, 5.41) is 3.53. The van der Waals surface area contributed by atoms with Gasteiger partial charge in [0.1, 0.15) is 11.5 Å². The molecule has 0 aliphatic heterocycles. The number of nitrogens with one attached hydrogen (secondary N) is 1. The summed E-state index contributed by atoms with van der Waals surface area (Å²) in [5.74, 6) is -2.08. The van der Waals surface area contributed by atoms with Crippen molar-refractivity contribution in [3.8, 4) is 11.1 Å². The van der Waals surface area contributed by atoms with Gasteiger partial charge in [-0.05, 0) is 35.6 Å². The molecule has 3 aromatic carbocycles. The minimum atomic E-state index is -1.18. The predicted octanol–water partition coefficient (Wildman–Crippen LogP) is 4.92. The van der Waals surface area contributed by atoms with E-state index in [9.17, 15) is 18.8 Å². The van der Waals surface area contributed by atoms with Gasteiger partial charge in [0.15, 0.2) is 6.10 Å². The van der Waals surface area contributed by atoms with Crippen molar-refractivity contribution in [3.63, 3.8) is 0 Å². The van der Waals surface area contributed by atoms with Gasteiger partial charge in [0, 0.05) is 18.0 Å². The molecule has 0 spiro atoms. The van der Waals surface area contributed by atoms with E-state index in [4.69, 9.17) is 4.74 Å². The molecule has 1 amide bonds. The summed E-state index contributed by atoms with van der Waals surface area (Å²) in [7, 11) is 1.50. The molecule has 172 valence electrons. The normalized spacial score (nSPS) is 11.7. The highest BCUT2D eigenvalue weighted by Gasteiger charge is 2.28. The Bertz CT molecular complexity index is 1430. The standard InChI is InChI=1S/C27H23FN2O4/c1-3-22(25(31)29-21-16-10-9-15-20(21)28)34-27(33)24-23(17-11-5-4-6-12-17)18-13-7-8-14-19(18)26(32)30(24)2/h4-16,22H,3H2,1-2H3,(H,29,31). The molecule has 6 nitrogen and oxygen atoms in total. The Morgan fingerprint density at radius 1 is 0.941 bits per heavy atom. The van der Waals surface area contributed by atoms with Crippen LogP contribution in [0.2, 0.25) is 0 Å². The van der Waals surface area contributed by atoms with E-state index in [1.54, 1.807) is 37.3 Å². The third kappa shape index (κ3) is 4.32. The third-order valence-electron chi connectivity index (χ3n) is 5.60. The van der Waals surface area contributed by atoms with Gasteiger partial charge in [-0.2, -0.15) is 0 Å². The van der Waals surface area contributed by atoms with Gasteiger partial charge in [-0.1, -0.05) is 67.6 Å². The van der Waals surface area contributed by atoms with Crippen LogP contribution in [0.1, 0.15) is 23.8 Å². The number of amides is 1. The van der Waals surface area contributed by atoms with Crippen LogP contribution < -0.4 is 10.9 Å². The molecule has 34 heavy (non-hydrogen) atoms. The number of fused-ring (bicyclic) bond motifs is 1. The Hall–Kier alpha value is -4.26. The van der Waals surface area contributed by atoms with E-state index >= 15 is 0 Å². The lowest BCUT2D eigenvalue weighted by Gasteiger charge is -2.20. The highest BCUT2D eigenvalue weighted by Crippen LogP contribution is 2.31. The van der Waals surface area contributed by atoms with Crippen LogP contribution in [0.25, 0.3) is 21.9 Å². The molecule has 4 aromatic rings. The van der Waals surface area contributed by atoms with Crippen molar-refractivity contribution in [2.24, 2.45) is 7.05 Å². The molecule has 1 atom stereocenters. The number of esters is 1. The molecule has 1 aromatic heterocycles. The lowest BCUT2D eigenvalue weighted by atomic mass is 9.97. The van der Waals surface area contributed by atoms with E-state index < -0.39 is 23.8 Å². The van der Waals surface area contributed by atoms with Crippen LogP contribution in [0.3, 0.4) is 0 Å². The number of anilines is 1. The molecule has 0 saturated carbocycles. The van der Waals surface area contributed by atoms with Gasteiger partial charge < -0.3 is 14.6 Å². The molecular formula is C27H23FN2O4. The van der Waals surface area contributed by atoms with Crippen LogP contribution in [0, 0.1) is 5.82 Å². The van der Waals surface area contributed by atoms with Crippen molar-refractivity contribution in [1.29, 1.82) is 0 Å². The number of pyridine rings is 1. The fourth-order valence-corrected chi connectivity index (χ4v) is 3.88. The molecule has 0 radical (unpaired) electrons. The summed E-state index contributed by atoms with van der Waals surface area (Å²) in [6, 6.07) is 22.0. The zero-order valence-electron chi connectivity index (χ0n) is 18.7. The molecule has 1 unspecified atom stereocenters. The zero-order valence-corrected chi connectivity index (χ0v) is 18.7. The number of aromatic nitrogens is 1. The molecular weight excluding hydrogens is 435 g/mol. The molecule has 0 bridgehead atoms. The first-order chi connectivity index (χ1) is 16.4. The molecule has 1 N–H and O–H groups in total. The Morgan fingerprint density at radius 3 is 2.24 bits per heavy atom. The lowest BCUT2D eigenvalue weighted by Crippen LogP contribution is -2.34. The number of nitrogens with zero attached hydrogens (tertiary/aromatic N) is 1. The van der Waals surface area contributed by atoms with E-state index in [1.165, 1.54) is 29.8 Å². The maximum atomic E-state index is 14.0. The first-order valence-corrected chi connectivity index (χ1v) is 10.9. The highest BCUT2D eigenvalue weighted by molar-refractivity contribution is 6.07. The van der Waals surface area contributed by atoms with Crippen LogP contribution in [0.4, 0.5) is 10.1 Å². The maximum absolute atomic E-state index is 14.0. The van der Waals surface area contributed by atoms with Crippen molar-refractivity contribution < 1.29 is 18.7 Å². The third-order valence-corrected chi connectivity index (χ3v) is 5.60. The average Bonchev–Trinajstić information content (AvgIpc) is 2.86. The highest BCUT2D eigenvalue weighted by atomic mass is 19.1. The fourth-order valence-electron chi connectivity index (χ4n) is 3.88. The molecule has 0 fully saturated rings. The fraction of sp³-hybridized carbons (Fsp3) is 0.148. The van der Waals surface area contributed by atoms with Crippen LogP contribution in [-0.4, -0.2) is 22.5 Å². The van der Waals surface area contributed by atoms with Crippen LogP contribution >= 0.6 is 0 Å². The van der Waals surface area contributed by atoms with Crippen molar-refractivity contribution in [3.05, 3.63) is 101 Å². The van der Waals surface area contributed by atoms with Crippen molar-refractivity contribution in [2.75, 3.05) is 5.32 Å². The largest absolute Gasteiger partial charge is 0.448 e. The molecule has 1 heterocycles. The minimum absolute atomic E-state index is 0.00919. The number of hydrogen-bond donors (Lipinski definition) is 1. The summed E-state index contributed by atoms with van der Waals surface area (Å²) >= 11 is 0. The smallest absolute Gasteiger partial charge is 0.356 e. The number of hydrogen-bond acceptors (Lipinski definition) is 4. The topological polar surface area (TPSA) is 77.4 Å². The van der Waals surface area contributed by atoms with Gasteiger partial charge in [-0.3, -0.25) is 9.59 Å². The first kappa shape index (κ1) is 22.9. The quantitative estimate of drug-likeness (QED) is 0.416. The molecule has 0 saturated heterocycles. The monoisotopic (exact) mass is 458 g/mol. The van der Waals surface area contributed by atoms with Gasteiger partial charge in [0.05, 0.1) is 5.69 Å². The second kappa shape index (κ2) is 9.70. The number of ether oxygens (including phenoxy) is 1. The first-order valence-electron chi connectivity index (χ1n) is 10.9. The summed E-state index contributed by atoms with van der Waals surface area (Å²) in [6.07, 6.45) is -1.02.